The molecule has 0 heterocycles. The Balaban J connectivity index is 3.39. The first-order valence-electron chi connectivity index (χ1n) is 2.44. The molecule has 0 aromatic carbocycles. The van der Waals surface area contributed by atoms with Crippen molar-refractivity contribution in [2.24, 2.45) is 4.99 Å². The van der Waals surface area contributed by atoms with Gasteiger partial charge in [-0.25, -0.2) is 9.79 Å². The van der Waals surface area contributed by atoms with Crippen LogP contribution in [0.2, 0.25) is 0 Å². The van der Waals surface area contributed by atoms with Crippen LogP contribution < -0.4 is 5.32 Å². The predicted molar refractivity (Wildman–Crippen MR) is 33.2 cm³/mol. The molecule has 0 saturated carbocycles. The molecule has 0 spiro atoms. The molecule has 8 heavy (non-hydrogen) atoms. The Hall–Kier alpha value is -0.860. The molecule has 0 unspecified atom stereocenters. The molecule has 0 aliphatic heterocycles. The Morgan fingerprint density at radius 1 is 1.75 bits per heavy atom. The van der Waals surface area contributed by atoms with Gasteiger partial charge in [0, 0.05) is 6.04 Å². The summed E-state index contributed by atoms with van der Waals surface area (Å²) in [7, 11) is 0. The van der Waals surface area contributed by atoms with E-state index in [1.165, 1.54) is 0 Å². The SMILES string of the molecule is C=NC(=O)NC(C)C. The second-order valence-electron chi connectivity index (χ2n) is 1.76. The van der Waals surface area contributed by atoms with E-state index in [0.29, 0.717) is 0 Å². The molecule has 0 fully saturated rings. The molecular weight excluding hydrogens is 104 g/mol. The van der Waals surface area contributed by atoms with E-state index in [0.717, 1.165) is 0 Å². The Morgan fingerprint density at radius 2 is 2.25 bits per heavy atom. The Morgan fingerprint density at radius 3 is 2.38 bits per heavy atom. The summed E-state index contributed by atoms with van der Waals surface area (Å²) in [6.45, 7) is 6.78. The van der Waals surface area contributed by atoms with E-state index in [1.54, 1.807) is 0 Å². The average molecular weight is 114 g/mol. The third-order valence-electron chi connectivity index (χ3n) is 0.556. The quantitative estimate of drug-likeness (QED) is 0.503. The average Bonchev–Trinajstić information content (AvgIpc) is 1.65. The summed E-state index contributed by atoms with van der Waals surface area (Å²) < 4.78 is 0. The van der Waals surface area contributed by atoms with Crippen LogP contribution in [0.5, 0.6) is 0 Å². The number of carbonyl (C=O) groups is 1. The Kier molecular flexibility index (Phi) is 2.84. The number of hydrogen-bond donors (Lipinski definition) is 1. The van der Waals surface area contributed by atoms with Crippen molar-refractivity contribution < 1.29 is 4.79 Å². The molecule has 0 aromatic heterocycles. The summed E-state index contributed by atoms with van der Waals surface area (Å²) in [4.78, 5) is 13.4. The largest absolute Gasteiger partial charge is 0.340 e. The predicted octanol–water partition coefficient (Wildman–Crippen LogP) is 0.805. The lowest BCUT2D eigenvalue weighted by atomic mass is 10.4. The van der Waals surface area contributed by atoms with E-state index in [-0.39, 0.29) is 12.1 Å². The second kappa shape index (κ2) is 3.18. The van der Waals surface area contributed by atoms with Crippen LogP contribution in [-0.4, -0.2) is 18.8 Å². The van der Waals surface area contributed by atoms with Gasteiger partial charge in [0.1, 0.15) is 0 Å². The number of rotatable bonds is 1. The highest BCUT2D eigenvalue weighted by molar-refractivity contribution is 5.78. The van der Waals surface area contributed by atoms with E-state index in [9.17, 15) is 4.79 Å². The van der Waals surface area contributed by atoms with Gasteiger partial charge >= 0.3 is 6.03 Å². The third kappa shape index (κ3) is 3.33. The molecule has 0 atom stereocenters. The smallest absolute Gasteiger partial charge is 0.334 e. The summed E-state index contributed by atoms with van der Waals surface area (Å²) in [6, 6.07) is -0.215. The summed E-state index contributed by atoms with van der Waals surface area (Å²) in [5, 5.41) is 2.52. The molecule has 0 aromatic rings. The fraction of sp³-hybridized carbons (Fsp3) is 0.600. The van der Waals surface area contributed by atoms with E-state index < -0.39 is 0 Å². The van der Waals surface area contributed by atoms with Crippen molar-refractivity contribution in [1.29, 1.82) is 0 Å². The fourth-order valence-corrected chi connectivity index (χ4v) is 0.293. The number of aliphatic imine (C=N–C) groups is 1. The molecule has 1 N–H and O–H groups in total. The van der Waals surface area contributed by atoms with Crippen molar-refractivity contribution in [1.82, 2.24) is 5.32 Å². The van der Waals surface area contributed by atoms with Crippen LogP contribution in [-0.2, 0) is 0 Å². The minimum Gasteiger partial charge on any atom is -0.334 e. The molecule has 0 saturated heterocycles. The van der Waals surface area contributed by atoms with Gasteiger partial charge in [0.2, 0.25) is 0 Å². The number of nitrogens with zero attached hydrogens (tertiary/aromatic N) is 1. The molecule has 0 rings (SSSR count). The van der Waals surface area contributed by atoms with Crippen molar-refractivity contribution in [2.45, 2.75) is 19.9 Å². The summed E-state index contributed by atoms with van der Waals surface area (Å²) >= 11 is 0. The van der Waals surface area contributed by atoms with E-state index in [1.807, 2.05) is 13.8 Å². The zero-order chi connectivity index (χ0) is 6.57. The zero-order valence-corrected chi connectivity index (χ0v) is 5.14. The normalized spacial score (nSPS) is 8.88. The molecule has 0 radical (unpaired) electrons. The molecule has 2 amide bonds. The van der Waals surface area contributed by atoms with Crippen molar-refractivity contribution in [3.05, 3.63) is 0 Å². The standard InChI is InChI=1S/C5H10N2O/c1-4(2)7-5(8)6-3/h4H,3H2,1-2H3,(H,7,8). The van der Waals surface area contributed by atoms with E-state index in [4.69, 9.17) is 0 Å². The minimum absolute atomic E-state index is 0.146. The van der Waals surface area contributed by atoms with Gasteiger partial charge in [0.05, 0.1) is 0 Å². The highest BCUT2D eigenvalue weighted by Gasteiger charge is 1.95. The molecule has 3 heteroatoms. The van der Waals surface area contributed by atoms with Crippen molar-refractivity contribution >= 4 is 12.7 Å². The van der Waals surface area contributed by atoms with Gasteiger partial charge in [-0.2, -0.15) is 0 Å². The van der Waals surface area contributed by atoms with Gasteiger partial charge < -0.3 is 5.32 Å². The first kappa shape index (κ1) is 7.14. The minimum atomic E-state index is -0.361. The molecule has 46 valence electrons. The maximum Gasteiger partial charge on any atom is 0.340 e. The molecule has 0 bridgehead atoms. The van der Waals surface area contributed by atoms with Crippen LogP contribution in [0, 0.1) is 0 Å². The molecule has 0 aliphatic rings. The van der Waals surface area contributed by atoms with Gasteiger partial charge in [0.25, 0.3) is 0 Å². The van der Waals surface area contributed by atoms with Gasteiger partial charge in [-0.05, 0) is 20.6 Å². The monoisotopic (exact) mass is 114 g/mol. The van der Waals surface area contributed by atoms with Crippen LogP contribution in [0.4, 0.5) is 4.79 Å². The first-order chi connectivity index (χ1) is 3.66. The molecule has 3 nitrogen and oxygen atoms in total. The Bertz CT molecular complexity index is 98.6. The van der Waals surface area contributed by atoms with E-state index in [2.05, 4.69) is 17.0 Å². The zero-order valence-electron chi connectivity index (χ0n) is 5.14. The number of hydrogen-bond acceptors (Lipinski definition) is 1. The maximum atomic E-state index is 10.3. The van der Waals surface area contributed by atoms with Crippen LogP contribution in [0.1, 0.15) is 13.8 Å². The molecular formula is C5H10N2O. The fourth-order valence-electron chi connectivity index (χ4n) is 0.293. The number of amides is 2. The van der Waals surface area contributed by atoms with Crippen molar-refractivity contribution in [3.8, 4) is 0 Å². The van der Waals surface area contributed by atoms with Crippen LogP contribution >= 0.6 is 0 Å². The maximum absolute atomic E-state index is 10.3. The first-order valence-corrected chi connectivity index (χ1v) is 2.44. The number of carbonyl (C=O) groups excluding carboxylic acids is 1. The van der Waals surface area contributed by atoms with E-state index >= 15 is 0 Å². The van der Waals surface area contributed by atoms with Gasteiger partial charge in [-0.3, -0.25) is 0 Å². The van der Waals surface area contributed by atoms with Gasteiger partial charge in [-0.15, -0.1) is 0 Å². The molecule has 0 aliphatic carbocycles. The van der Waals surface area contributed by atoms with Crippen molar-refractivity contribution in [3.63, 3.8) is 0 Å². The summed E-state index contributed by atoms with van der Waals surface area (Å²) in [5.41, 5.74) is 0. The van der Waals surface area contributed by atoms with Crippen LogP contribution in [0.15, 0.2) is 4.99 Å². The van der Waals surface area contributed by atoms with Crippen LogP contribution in [0.3, 0.4) is 0 Å². The second-order valence-corrected chi connectivity index (χ2v) is 1.76. The van der Waals surface area contributed by atoms with Gasteiger partial charge in [0.15, 0.2) is 0 Å². The number of urea groups is 1. The highest BCUT2D eigenvalue weighted by Crippen LogP contribution is 1.77. The summed E-state index contributed by atoms with van der Waals surface area (Å²) in [5.74, 6) is 0. The lowest BCUT2D eigenvalue weighted by molar-refractivity contribution is 0.247. The van der Waals surface area contributed by atoms with Crippen LogP contribution in [0.25, 0.3) is 0 Å². The Labute approximate surface area is 48.8 Å². The third-order valence-corrected chi connectivity index (χ3v) is 0.556. The lowest BCUT2D eigenvalue weighted by Crippen LogP contribution is -2.26. The summed E-state index contributed by atoms with van der Waals surface area (Å²) in [6.07, 6.45) is 0. The van der Waals surface area contributed by atoms with Crippen molar-refractivity contribution in [2.75, 3.05) is 0 Å². The van der Waals surface area contributed by atoms with Gasteiger partial charge in [-0.1, -0.05) is 0 Å². The number of nitrogens with one attached hydrogen (secondary N) is 1. The topological polar surface area (TPSA) is 41.5 Å². The highest BCUT2D eigenvalue weighted by atomic mass is 16.2. The lowest BCUT2D eigenvalue weighted by Gasteiger charge is -2.01.